The number of pyridine rings is 1. The highest BCUT2D eigenvalue weighted by molar-refractivity contribution is 5.94. The van der Waals surface area contributed by atoms with Crippen LogP contribution in [0.15, 0.2) is 24.4 Å². The zero-order valence-corrected chi connectivity index (χ0v) is 12.4. The highest BCUT2D eigenvalue weighted by Gasteiger charge is 2.61. The number of piperidine rings is 1. The van der Waals surface area contributed by atoms with Crippen LogP contribution in [0.4, 0.5) is 0 Å². The minimum absolute atomic E-state index is 0.0534. The van der Waals surface area contributed by atoms with Crippen LogP contribution in [0, 0.1) is 5.92 Å². The lowest BCUT2D eigenvalue weighted by atomic mass is 9.62. The molecule has 0 N–H and O–H groups in total. The van der Waals surface area contributed by atoms with Crippen LogP contribution in [0.2, 0.25) is 0 Å². The number of aromatic nitrogens is 1. The molecule has 1 aliphatic heterocycles. The smallest absolute Gasteiger partial charge is 0.273 e. The molecule has 2 fully saturated rings. The van der Waals surface area contributed by atoms with Crippen molar-refractivity contribution >= 4 is 5.91 Å². The van der Waals surface area contributed by atoms with Crippen LogP contribution < -0.4 is 0 Å². The van der Waals surface area contributed by atoms with Gasteiger partial charge in [-0.1, -0.05) is 13.0 Å². The van der Waals surface area contributed by atoms with Crippen LogP contribution in [0.5, 0.6) is 0 Å². The van der Waals surface area contributed by atoms with Gasteiger partial charge in [0.25, 0.3) is 5.91 Å². The highest BCUT2D eigenvalue weighted by atomic mass is 16.5. The van der Waals surface area contributed by atoms with Gasteiger partial charge in [-0.15, -0.1) is 0 Å². The number of methoxy groups -OCH3 is 1. The van der Waals surface area contributed by atoms with Gasteiger partial charge in [-0.2, -0.15) is 0 Å². The van der Waals surface area contributed by atoms with Gasteiger partial charge < -0.3 is 9.64 Å². The van der Waals surface area contributed by atoms with Crippen molar-refractivity contribution in [1.29, 1.82) is 0 Å². The van der Waals surface area contributed by atoms with E-state index < -0.39 is 0 Å². The maximum atomic E-state index is 12.8. The monoisotopic (exact) mass is 274 g/mol. The van der Waals surface area contributed by atoms with E-state index in [1.807, 2.05) is 17.0 Å². The lowest BCUT2D eigenvalue weighted by Gasteiger charge is -2.65. The number of hydrogen-bond acceptors (Lipinski definition) is 3. The summed E-state index contributed by atoms with van der Waals surface area (Å²) in [5, 5.41) is 0. The number of likely N-dealkylation sites (tertiary alicyclic amines) is 1. The number of nitrogens with zero attached hydrogens (tertiary/aromatic N) is 2. The average molecular weight is 274 g/mol. The van der Waals surface area contributed by atoms with E-state index in [1.54, 1.807) is 19.4 Å². The summed E-state index contributed by atoms with van der Waals surface area (Å²) in [6.07, 6.45) is 4.92. The van der Waals surface area contributed by atoms with Gasteiger partial charge in [0.1, 0.15) is 5.69 Å². The number of rotatable bonds is 3. The molecule has 4 heteroatoms. The Morgan fingerprint density at radius 1 is 1.50 bits per heavy atom. The Balaban J connectivity index is 1.91. The molecule has 3 rings (SSSR count). The van der Waals surface area contributed by atoms with Crippen molar-refractivity contribution in [2.75, 3.05) is 7.11 Å². The molecule has 0 radical (unpaired) electrons. The SMILES string of the molecule is COC(C)[C@@]12CC(C[C@@H](C)C1)N2C(=O)c1ccccn1. The Morgan fingerprint density at radius 2 is 2.30 bits per heavy atom. The third-order valence-corrected chi connectivity index (χ3v) is 5.02. The second-order valence-corrected chi connectivity index (χ2v) is 6.27. The Labute approximate surface area is 120 Å². The third-order valence-electron chi connectivity index (χ3n) is 5.02. The van der Waals surface area contributed by atoms with Crippen LogP contribution >= 0.6 is 0 Å². The lowest BCUT2D eigenvalue weighted by Crippen LogP contribution is -2.75. The van der Waals surface area contributed by atoms with Crippen LogP contribution in [0.3, 0.4) is 0 Å². The standard InChI is InChI=1S/C16H22N2O2/c1-11-8-13-10-16(9-11,12(2)20-3)18(13)15(19)14-6-4-5-7-17-14/h4-7,11-13H,8-10H2,1-3H3/t11-,12?,13?,16+/m1/s1. The molecule has 108 valence electrons. The van der Waals surface area contributed by atoms with Gasteiger partial charge in [0.05, 0.1) is 11.6 Å². The van der Waals surface area contributed by atoms with Crippen LogP contribution in [0.1, 0.15) is 43.6 Å². The van der Waals surface area contributed by atoms with E-state index in [0.717, 1.165) is 19.3 Å². The summed E-state index contributed by atoms with van der Waals surface area (Å²) in [4.78, 5) is 19.0. The number of carbonyl (C=O) groups excluding carboxylic acids is 1. The molecule has 1 amide bonds. The van der Waals surface area contributed by atoms with Crippen molar-refractivity contribution in [3.8, 4) is 0 Å². The number of ether oxygens (including phenoxy) is 1. The van der Waals surface area contributed by atoms with E-state index in [0.29, 0.717) is 17.7 Å². The molecule has 0 spiro atoms. The molecule has 20 heavy (non-hydrogen) atoms. The van der Waals surface area contributed by atoms with Crippen LogP contribution in [-0.4, -0.2) is 40.6 Å². The molecule has 4 nitrogen and oxygen atoms in total. The van der Waals surface area contributed by atoms with Crippen molar-refractivity contribution in [3.05, 3.63) is 30.1 Å². The Hall–Kier alpha value is -1.42. The van der Waals surface area contributed by atoms with Gasteiger partial charge in [-0.05, 0) is 44.2 Å². The third kappa shape index (κ3) is 1.85. The minimum atomic E-state index is -0.133. The molecule has 1 aromatic heterocycles. The van der Waals surface area contributed by atoms with Crippen LogP contribution in [-0.2, 0) is 4.74 Å². The van der Waals surface area contributed by atoms with Crippen molar-refractivity contribution in [2.24, 2.45) is 5.92 Å². The van der Waals surface area contributed by atoms with E-state index in [2.05, 4.69) is 18.8 Å². The topological polar surface area (TPSA) is 42.4 Å². The van der Waals surface area contributed by atoms with Gasteiger partial charge in [0.15, 0.2) is 0 Å². The molecule has 0 aromatic carbocycles. The number of fused-ring (bicyclic) bond motifs is 2. The Bertz CT molecular complexity index is 504. The molecule has 2 bridgehead atoms. The minimum Gasteiger partial charge on any atom is -0.379 e. The molecule has 1 saturated heterocycles. The van der Waals surface area contributed by atoms with Crippen molar-refractivity contribution < 1.29 is 9.53 Å². The van der Waals surface area contributed by atoms with Gasteiger partial charge in [-0.25, -0.2) is 0 Å². The summed E-state index contributed by atoms with van der Waals surface area (Å²) in [6, 6.07) is 5.85. The predicted octanol–water partition coefficient (Wildman–Crippen LogP) is 2.50. The Morgan fingerprint density at radius 3 is 2.95 bits per heavy atom. The summed E-state index contributed by atoms with van der Waals surface area (Å²) in [5.41, 5.74) is 0.408. The van der Waals surface area contributed by atoms with Gasteiger partial charge in [0.2, 0.25) is 0 Å². The normalized spacial score (nSPS) is 33.5. The summed E-state index contributed by atoms with van der Waals surface area (Å²) < 4.78 is 5.58. The molecular weight excluding hydrogens is 252 g/mol. The van der Waals surface area contributed by atoms with Crippen molar-refractivity contribution in [3.63, 3.8) is 0 Å². The maximum Gasteiger partial charge on any atom is 0.273 e. The zero-order valence-electron chi connectivity index (χ0n) is 12.4. The number of amides is 1. The van der Waals surface area contributed by atoms with Crippen molar-refractivity contribution in [1.82, 2.24) is 9.88 Å². The molecule has 2 heterocycles. The second-order valence-electron chi connectivity index (χ2n) is 6.27. The fraction of sp³-hybridized carbons (Fsp3) is 0.625. The molecule has 2 aliphatic rings. The highest BCUT2D eigenvalue weighted by Crippen LogP contribution is 2.52. The number of hydrogen-bond donors (Lipinski definition) is 0. The second kappa shape index (κ2) is 4.85. The maximum absolute atomic E-state index is 12.8. The van der Waals surface area contributed by atoms with E-state index in [1.165, 1.54) is 0 Å². The quantitative estimate of drug-likeness (QED) is 0.850. The molecule has 1 aliphatic carbocycles. The fourth-order valence-corrected chi connectivity index (χ4v) is 4.10. The molecule has 1 saturated carbocycles. The van der Waals surface area contributed by atoms with Gasteiger partial charge in [0, 0.05) is 19.3 Å². The van der Waals surface area contributed by atoms with E-state index in [9.17, 15) is 4.79 Å². The van der Waals surface area contributed by atoms with E-state index in [4.69, 9.17) is 4.74 Å². The van der Waals surface area contributed by atoms with Crippen molar-refractivity contribution in [2.45, 2.75) is 50.8 Å². The molecule has 2 unspecified atom stereocenters. The van der Waals surface area contributed by atoms with Gasteiger partial charge in [-0.3, -0.25) is 9.78 Å². The molecule has 1 aromatic rings. The zero-order chi connectivity index (χ0) is 14.3. The Kier molecular flexibility index (Phi) is 3.28. The first kappa shape index (κ1) is 13.6. The predicted molar refractivity (Wildman–Crippen MR) is 76.4 cm³/mol. The van der Waals surface area contributed by atoms with Gasteiger partial charge >= 0.3 is 0 Å². The lowest BCUT2D eigenvalue weighted by molar-refractivity contribution is -0.160. The largest absolute Gasteiger partial charge is 0.379 e. The van der Waals surface area contributed by atoms with E-state index >= 15 is 0 Å². The summed E-state index contributed by atoms with van der Waals surface area (Å²) in [7, 11) is 1.73. The fourth-order valence-electron chi connectivity index (χ4n) is 4.10. The first-order valence-corrected chi connectivity index (χ1v) is 7.36. The first-order chi connectivity index (χ1) is 9.58. The molecule has 4 atom stereocenters. The molecular formula is C16H22N2O2. The average Bonchev–Trinajstić information content (AvgIpc) is 2.46. The number of carbonyl (C=O) groups is 1. The summed E-state index contributed by atoms with van der Waals surface area (Å²) >= 11 is 0. The van der Waals surface area contributed by atoms with E-state index in [-0.39, 0.29) is 17.6 Å². The van der Waals surface area contributed by atoms with Crippen LogP contribution in [0.25, 0.3) is 0 Å². The summed E-state index contributed by atoms with van der Waals surface area (Å²) in [6.45, 7) is 4.35. The summed E-state index contributed by atoms with van der Waals surface area (Å²) in [5.74, 6) is 0.705. The first-order valence-electron chi connectivity index (χ1n) is 7.36.